The molecule has 0 radical (unpaired) electrons. The summed E-state index contributed by atoms with van der Waals surface area (Å²) in [5.74, 6) is 0.560. The van der Waals surface area contributed by atoms with Gasteiger partial charge in [-0.25, -0.2) is 0 Å². The molecule has 1 aromatic rings. The fraction of sp³-hybridized carbons (Fsp3) is 0.538. The predicted molar refractivity (Wildman–Crippen MR) is 78.3 cm³/mol. The Morgan fingerprint density at radius 3 is 2.35 bits per heavy atom. The molecule has 4 heteroatoms. The van der Waals surface area contributed by atoms with E-state index in [1.54, 1.807) is 11.8 Å². The first-order chi connectivity index (χ1) is 8.02. The number of thioether (sulfide) groups is 1. The van der Waals surface area contributed by atoms with Crippen LogP contribution in [0.3, 0.4) is 0 Å². The molecule has 96 valence electrons. The quantitative estimate of drug-likeness (QED) is 0.791. The van der Waals surface area contributed by atoms with Gasteiger partial charge in [0, 0.05) is 20.7 Å². The Bertz CT molecular complexity index is 329. The van der Waals surface area contributed by atoms with Crippen molar-refractivity contribution in [1.82, 2.24) is 0 Å². The molecule has 0 spiro atoms. The third kappa shape index (κ3) is 5.42. The summed E-state index contributed by atoms with van der Waals surface area (Å²) in [5.41, 5.74) is 6.12. The van der Waals surface area contributed by atoms with Crippen LogP contribution in [0.1, 0.15) is 20.3 Å². The van der Waals surface area contributed by atoms with E-state index in [1.807, 2.05) is 24.3 Å². The van der Waals surface area contributed by atoms with Crippen molar-refractivity contribution in [2.75, 3.05) is 6.61 Å². The summed E-state index contributed by atoms with van der Waals surface area (Å²) in [5, 5.41) is 9.48. The first-order valence-corrected chi connectivity index (χ1v) is 7.49. The van der Waals surface area contributed by atoms with Crippen LogP contribution in [0.15, 0.2) is 33.6 Å². The zero-order valence-electron chi connectivity index (χ0n) is 10.3. The number of aliphatic hydroxyl groups is 1. The Kier molecular flexibility index (Phi) is 6.55. The van der Waals surface area contributed by atoms with Gasteiger partial charge in [0.15, 0.2) is 0 Å². The molecule has 17 heavy (non-hydrogen) atoms. The van der Waals surface area contributed by atoms with E-state index < -0.39 is 0 Å². The van der Waals surface area contributed by atoms with Crippen molar-refractivity contribution in [2.45, 2.75) is 36.5 Å². The van der Waals surface area contributed by atoms with E-state index in [4.69, 9.17) is 5.73 Å². The van der Waals surface area contributed by atoms with Gasteiger partial charge in [-0.05, 0) is 36.6 Å². The third-order valence-corrected chi connectivity index (χ3v) is 4.38. The van der Waals surface area contributed by atoms with Gasteiger partial charge in [-0.15, -0.1) is 11.8 Å². The average Bonchev–Trinajstić information content (AvgIpc) is 2.27. The van der Waals surface area contributed by atoms with E-state index in [-0.39, 0.29) is 17.9 Å². The number of hydrogen-bond acceptors (Lipinski definition) is 3. The molecule has 0 saturated carbocycles. The molecule has 0 aliphatic rings. The van der Waals surface area contributed by atoms with Crippen LogP contribution in [0.25, 0.3) is 0 Å². The first-order valence-electron chi connectivity index (χ1n) is 5.81. The second-order valence-electron chi connectivity index (χ2n) is 4.59. The highest BCUT2D eigenvalue weighted by atomic mass is 79.9. The van der Waals surface area contributed by atoms with Gasteiger partial charge in [-0.1, -0.05) is 29.8 Å². The smallest absolute Gasteiger partial charge is 0.0568 e. The average molecular weight is 318 g/mol. The molecule has 0 saturated heterocycles. The third-order valence-electron chi connectivity index (χ3n) is 2.50. The lowest BCUT2D eigenvalue weighted by Gasteiger charge is -2.23. The molecule has 0 fully saturated rings. The monoisotopic (exact) mass is 317 g/mol. The van der Waals surface area contributed by atoms with Crippen molar-refractivity contribution in [2.24, 2.45) is 11.7 Å². The lowest BCUT2D eigenvalue weighted by atomic mass is 10.0. The molecule has 0 aliphatic heterocycles. The number of rotatable bonds is 6. The highest BCUT2D eigenvalue weighted by molar-refractivity contribution is 9.10. The van der Waals surface area contributed by atoms with Gasteiger partial charge in [-0.3, -0.25) is 0 Å². The van der Waals surface area contributed by atoms with E-state index in [9.17, 15) is 5.11 Å². The number of aliphatic hydroxyl groups excluding tert-OH is 1. The maximum atomic E-state index is 9.42. The van der Waals surface area contributed by atoms with E-state index in [2.05, 4.69) is 29.8 Å². The topological polar surface area (TPSA) is 46.2 Å². The highest BCUT2D eigenvalue weighted by Gasteiger charge is 2.19. The van der Waals surface area contributed by atoms with Crippen LogP contribution in [0.4, 0.5) is 0 Å². The number of benzene rings is 1. The van der Waals surface area contributed by atoms with E-state index >= 15 is 0 Å². The van der Waals surface area contributed by atoms with E-state index in [0.29, 0.717) is 5.92 Å². The molecule has 1 rings (SSSR count). The maximum Gasteiger partial charge on any atom is 0.0568 e. The molecule has 3 N–H and O–H groups in total. The maximum absolute atomic E-state index is 9.42. The van der Waals surface area contributed by atoms with Crippen molar-refractivity contribution in [1.29, 1.82) is 0 Å². The molecule has 0 heterocycles. The molecular weight excluding hydrogens is 298 g/mol. The van der Waals surface area contributed by atoms with Crippen molar-refractivity contribution >= 4 is 27.7 Å². The van der Waals surface area contributed by atoms with Gasteiger partial charge in [-0.2, -0.15) is 0 Å². The van der Waals surface area contributed by atoms with Crippen LogP contribution in [0.5, 0.6) is 0 Å². The zero-order chi connectivity index (χ0) is 12.8. The minimum absolute atomic E-state index is 0.0358. The van der Waals surface area contributed by atoms with Crippen molar-refractivity contribution in [3.8, 4) is 0 Å². The standard InChI is InChI=1S/C13H20BrNOS/c1-9(2)7-12(15)13(8-16)17-11-5-3-10(14)4-6-11/h3-6,9,12-13,16H,7-8,15H2,1-2H3. The normalized spacial score (nSPS) is 14.9. The van der Waals surface area contributed by atoms with Crippen molar-refractivity contribution < 1.29 is 5.11 Å². The van der Waals surface area contributed by atoms with Gasteiger partial charge in [0.1, 0.15) is 0 Å². The Labute approximate surface area is 116 Å². The predicted octanol–water partition coefficient (Wildman–Crippen LogP) is 3.28. The molecule has 1 aromatic carbocycles. The first kappa shape index (κ1) is 15.0. The van der Waals surface area contributed by atoms with Gasteiger partial charge in [0.05, 0.1) is 6.61 Å². The molecular formula is C13H20BrNOS. The molecule has 2 unspecified atom stereocenters. The van der Waals surface area contributed by atoms with Crippen molar-refractivity contribution in [3.05, 3.63) is 28.7 Å². The minimum atomic E-state index is 0.0358. The minimum Gasteiger partial charge on any atom is -0.395 e. The van der Waals surface area contributed by atoms with E-state index in [1.165, 1.54) is 0 Å². The second-order valence-corrected chi connectivity index (χ2v) is 6.81. The lowest BCUT2D eigenvalue weighted by molar-refractivity contribution is 0.275. The summed E-state index contributed by atoms with van der Waals surface area (Å²) in [6.07, 6.45) is 0.939. The molecule has 0 amide bonds. The molecule has 0 bridgehead atoms. The van der Waals surface area contributed by atoms with Crippen LogP contribution in [0, 0.1) is 5.92 Å². The summed E-state index contributed by atoms with van der Waals surface area (Å²) in [4.78, 5) is 1.14. The molecule has 0 aliphatic carbocycles. The van der Waals surface area contributed by atoms with Gasteiger partial charge in [0.2, 0.25) is 0 Å². The molecule has 2 atom stereocenters. The SMILES string of the molecule is CC(C)CC(N)C(CO)Sc1ccc(Br)cc1. The number of hydrogen-bond donors (Lipinski definition) is 2. The van der Waals surface area contributed by atoms with Gasteiger partial charge < -0.3 is 10.8 Å². The Morgan fingerprint density at radius 2 is 1.88 bits per heavy atom. The van der Waals surface area contributed by atoms with E-state index in [0.717, 1.165) is 15.8 Å². The second kappa shape index (κ2) is 7.41. The zero-order valence-corrected chi connectivity index (χ0v) is 12.7. The molecule has 0 aromatic heterocycles. The van der Waals surface area contributed by atoms with Crippen molar-refractivity contribution in [3.63, 3.8) is 0 Å². The lowest BCUT2D eigenvalue weighted by Crippen LogP contribution is -2.36. The number of halogens is 1. The summed E-state index contributed by atoms with van der Waals surface area (Å²) in [7, 11) is 0. The van der Waals surface area contributed by atoms with Crippen LogP contribution < -0.4 is 5.73 Å². The van der Waals surface area contributed by atoms with Crippen LogP contribution in [-0.2, 0) is 0 Å². The molecule has 2 nitrogen and oxygen atoms in total. The van der Waals surface area contributed by atoms with Crippen LogP contribution >= 0.6 is 27.7 Å². The fourth-order valence-corrected chi connectivity index (χ4v) is 2.91. The van der Waals surface area contributed by atoms with Crippen LogP contribution in [-0.4, -0.2) is 23.0 Å². The van der Waals surface area contributed by atoms with Gasteiger partial charge in [0.25, 0.3) is 0 Å². The summed E-state index contributed by atoms with van der Waals surface area (Å²) >= 11 is 5.06. The summed E-state index contributed by atoms with van der Waals surface area (Å²) in [6.45, 7) is 4.42. The number of nitrogens with two attached hydrogens (primary N) is 1. The Balaban J connectivity index is 2.59. The summed E-state index contributed by atoms with van der Waals surface area (Å²) in [6, 6.07) is 8.13. The Hall–Kier alpha value is -0.0300. The summed E-state index contributed by atoms with van der Waals surface area (Å²) < 4.78 is 1.06. The largest absolute Gasteiger partial charge is 0.395 e. The van der Waals surface area contributed by atoms with Gasteiger partial charge >= 0.3 is 0 Å². The van der Waals surface area contributed by atoms with Crippen LogP contribution in [0.2, 0.25) is 0 Å². The highest BCUT2D eigenvalue weighted by Crippen LogP contribution is 2.27. The Morgan fingerprint density at radius 1 is 1.29 bits per heavy atom. The fourth-order valence-electron chi connectivity index (χ4n) is 1.64.